The van der Waals surface area contributed by atoms with E-state index in [1.807, 2.05) is 16.9 Å². The van der Waals surface area contributed by atoms with Gasteiger partial charge in [0.15, 0.2) is 5.78 Å². The van der Waals surface area contributed by atoms with E-state index in [4.69, 9.17) is 10.5 Å². The second kappa shape index (κ2) is 7.28. The lowest BCUT2D eigenvalue weighted by Gasteiger charge is -2.09. The average molecular weight is 253 g/mol. The molecule has 2 unspecified atom stereocenters. The van der Waals surface area contributed by atoms with E-state index in [1.165, 1.54) is 0 Å². The summed E-state index contributed by atoms with van der Waals surface area (Å²) in [6.07, 6.45) is 3.79. The second-order valence-corrected chi connectivity index (χ2v) is 4.58. The lowest BCUT2D eigenvalue weighted by atomic mass is 10.1. The number of ether oxygens (including phenoxy) is 1. The predicted octanol–water partition coefficient (Wildman–Crippen LogP) is 1.33. The molecule has 1 heterocycles. The first-order valence-electron chi connectivity index (χ1n) is 6.39. The fraction of sp³-hybridized carbons (Fsp3) is 0.692. The van der Waals surface area contributed by atoms with Crippen molar-refractivity contribution in [2.75, 3.05) is 13.7 Å². The molecule has 0 saturated carbocycles. The van der Waals surface area contributed by atoms with Crippen molar-refractivity contribution in [3.8, 4) is 0 Å². The van der Waals surface area contributed by atoms with Gasteiger partial charge in [-0.1, -0.05) is 6.92 Å². The number of Topliss-reactive ketones (excluding diaryl/α,β-unsaturated/α-hetero) is 1. The molecule has 2 atom stereocenters. The Hall–Kier alpha value is -1.20. The molecule has 0 bridgehead atoms. The maximum Gasteiger partial charge on any atom is 0.155 e. The molecule has 102 valence electrons. The lowest BCUT2D eigenvalue weighted by molar-refractivity contribution is -0.120. The molecule has 18 heavy (non-hydrogen) atoms. The van der Waals surface area contributed by atoms with Crippen molar-refractivity contribution in [1.29, 1.82) is 0 Å². The third kappa shape index (κ3) is 4.23. The van der Waals surface area contributed by atoms with Crippen molar-refractivity contribution >= 4 is 5.78 Å². The third-order valence-corrected chi connectivity index (χ3v) is 3.11. The fourth-order valence-corrected chi connectivity index (χ4v) is 1.62. The molecule has 0 aromatic carbocycles. The monoisotopic (exact) mass is 253 g/mol. The van der Waals surface area contributed by atoms with Crippen molar-refractivity contribution in [3.05, 3.63) is 18.0 Å². The third-order valence-electron chi connectivity index (χ3n) is 3.11. The van der Waals surface area contributed by atoms with Crippen LogP contribution in [0, 0.1) is 0 Å². The van der Waals surface area contributed by atoms with E-state index in [1.54, 1.807) is 7.11 Å². The molecule has 5 heteroatoms. The van der Waals surface area contributed by atoms with Crippen LogP contribution in [-0.4, -0.2) is 35.3 Å². The van der Waals surface area contributed by atoms with Gasteiger partial charge in [-0.3, -0.25) is 9.48 Å². The second-order valence-electron chi connectivity index (χ2n) is 4.58. The lowest BCUT2D eigenvalue weighted by Crippen LogP contribution is -2.33. The van der Waals surface area contributed by atoms with Gasteiger partial charge in [0, 0.05) is 26.0 Å². The Bertz CT molecular complexity index is 376. The van der Waals surface area contributed by atoms with Gasteiger partial charge < -0.3 is 10.5 Å². The van der Waals surface area contributed by atoms with Gasteiger partial charge in [-0.15, -0.1) is 0 Å². The number of rotatable bonds is 8. The number of nitrogens with zero attached hydrogens (tertiary/aromatic N) is 2. The van der Waals surface area contributed by atoms with Gasteiger partial charge in [0.1, 0.15) is 0 Å². The molecule has 1 aromatic rings. The van der Waals surface area contributed by atoms with Crippen molar-refractivity contribution in [1.82, 2.24) is 9.78 Å². The van der Waals surface area contributed by atoms with Crippen LogP contribution in [0.5, 0.6) is 0 Å². The van der Waals surface area contributed by atoms with Crippen LogP contribution in [0.4, 0.5) is 0 Å². The minimum atomic E-state index is -0.460. The standard InChI is InChI=1S/C13H23N3O2/c1-4-10(2)16-7-5-11(15-16)9-13(17)12(14)6-8-18-3/h5,7,10,12H,4,6,8-9,14H2,1-3H3. The van der Waals surface area contributed by atoms with E-state index in [0.717, 1.165) is 12.1 Å². The van der Waals surface area contributed by atoms with Gasteiger partial charge in [-0.25, -0.2) is 0 Å². The Morgan fingerprint density at radius 3 is 2.94 bits per heavy atom. The predicted molar refractivity (Wildman–Crippen MR) is 70.4 cm³/mol. The van der Waals surface area contributed by atoms with E-state index in [-0.39, 0.29) is 5.78 Å². The summed E-state index contributed by atoms with van der Waals surface area (Å²) in [6.45, 7) is 4.72. The van der Waals surface area contributed by atoms with Gasteiger partial charge in [0.05, 0.1) is 18.2 Å². The van der Waals surface area contributed by atoms with E-state index >= 15 is 0 Å². The molecule has 1 rings (SSSR count). The van der Waals surface area contributed by atoms with Gasteiger partial charge >= 0.3 is 0 Å². The van der Waals surface area contributed by atoms with Crippen LogP contribution < -0.4 is 5.73 Å². The minimum absolute atomic E-state index is 0.0152. The van der Waals surface area contributed by atoms with Crippen LogP contribution in [-0.2, 0) is 16.0 Å². The van der Waals surface area contributed by atoms with E-state index < -0.39 is 6.04 Å². The number of hydrogen-bond donors (Lipinski definition) is 1. The minimum Gasteiger partial charge on any atom is -0.385 e. The summed E-state index contributed by atoms with van der Waals surface area (Å²) < 4.78 is 6.80. The molecular formula is C13H23N3O2. The van der Waals surface area contributed by atoms with Gasteiger partial charge in [-0.2, -0.15) is 5.10 Å². The van der Waals surface area contributed by atoms with E-state index in [2.05, 4.69) is 18.9 Å². The topological polar surface area (TPSA) is 70.1 Å². The Labute approximate surface area is 108 Å². The van der Waals surface area contributed by atoms with Crippen molar-refractivity contribution in [2.24, 2.45) is 5.73 Å². The first kappa shape index (κ1) is 14.9. The number of ketones is 1. The SMILES string of the molecule is CCC(C)n1ccc(CC(=O)C(N)CCOC)n1. The summed E-state index contributed by atoms with van der Waals surface area (Å²) in [4.78, 5) is 11.8. The summed E-state index contributed by atoms with van der Waals surface area (Å²) in [5.74, 6) is 0.0152. The van der Waals surface area contributed by atoms with Crippen LogP contribution in [0.2, 0.25) is 0 Å². The zero-order valence-corrected chi connectivity index (χ0v) is 11.4. The largest absolute Gasteiger partial charge is 0.385 e. The molecule has 0 aliphatic rings. The van der Waals surface area contributed by atoms with Gasteiger partial charge in [-0.05, 0) is 25.8 Å². The first-order valence-corrected chi connectivity index (χ1v) is 6.39. The maximum absolute atomic E-state index is 11.8. The summed E-state index contributed by atoms with van der Waals surface area (Å²) >= 11 is 0. The van der Waals surface area contributed by atoms with E-state index in [9.17, 15) is 4.79 Å². The molecule has 5 nitrogen and oxygen atoms in total. The van der Waals surface area contributed by atoms with Crippen LogP contribution in [0.1, 0.15) is 38.4 Å². The molecule has 1 aromatic heterocycles. The van der Waals surface area contributed by atoms with Crippen LogP contribution in [0.25, 0.3) is 0 Å². The Balaban J connectivity index is 2.51. The molecule has 0 fully saturated rings. The van der Waals surface area contributed by atoms with Crippen LogP contribution >= 0.6 is 0 Å². The van der Waals surface area contributed by atoms with Crippen molar-refractivity contribution in [2.45, 2.75) is 45.2 Å². The Morgan fingerprint density at radius 2 is 2.33 bits per heavy atom. The molecule has 2 N–H and O–H groups in total. The summed E-state index contributed by atoms with van der Waals surface area (Å²) in [5.41, 5.74) is 6.57. The Morgan fingerprint density at radius 1 is 1.61 bits per heavy atom. The maximum atomic E-state index is 11.8. The highest BCUT2D eigenvalue weighted by Crippen LogP contribution is 2.10. The highest BCUT2D eigenvalue weighted by Gasteiger charge is 2.15. The fourth-order valence-electron chi connectivity index (χ4n) is 1.62. The number of methoxy groups -OCH3 is 1. The van der Waals surface area contributed by atoms with Crippen LogP contribution in [0.15, 0.2) is 12.3 Å². The number of nitrogens with two attached hydrogens (primary N) is 1. The van der Waals surface area contributed by atoms with Crippen molar-refractivity contribution in [3.63, 3.8) is 0 Å². The molecular weight excluding hydrogens is 230 g/mol. The summed E-state index contributed by atoms with van der Waals surface area (Å²) in [5, 5.41) is 4.39. The van der Waals surface area contributed by atoms with E-state index in [0.29, 0.717) is 25.5 Å². The van der Waals surface area contributed by atoms with Gasteiger partial charge in [0.25, 0.3) is 0 Å². The molecule has 0 spiro atoms. The molecule has 0 amide bonds. The zero-order chi connectivity index (χ0) is 13.5. The molecule has 0 aliphatic carbocycles. The summed E-state index contributed by atoms with van der Waals surface area (Å²) in [6, 6.07) is 1.78. The Kier molecular flexibility index (Phi) is 6.01. The highest BCUT2D eigenvalue weighted by molar-refractivity contribution is 5.85. The van der Waals surface area contributed by atoms with Crippen LogP contribution in [0.3, 0.4) is 0 Å². The number of hydrogen-bond acceptors (Lipinski definition) is 4. The average Bonchev–Trinajstić information content (AvgIpc) is 2.83. The van der Waals surface area contributed by atoms with Gasteiger partial charge in [0.2, 0.25) is 0 Å². The number of carbonyl (C=O) groups is 1. The number of aromatic nitrogens is 2. The highest BCUT2D eigenvalue weighted by atomic mass is 16.5. The first-order chi connectivity index (χ1) is 8.58. The molecule has 0 radical (unpaired) electrons. The molecule has 0 aliphatic heterocycles. The smallest absolute Gasteiger partial charge is 0.155 e. The quantitative estimate of drug-likeness (QED) is 0.758. The normalized spacial score (nSPS) is 14.4. The zero-order valence-electron chi connectivity index (χ0n) is 11.4. The molecule has 0 saturated heterocycles. The summed E-state index contributed by atoms with van der Waals surface area (Å²) in [7, 11) is 1.60. The van der Waals surface area contributed by atoms with Crippen molar-refractivity contribution < 1.29 is 9.53 Å². The number of carbonyl (C=O) groups excluding carboxylic acids is 1.